The number of aryl methyl sites for hydroxylation is 2. The van der Waals surface area contributed by atoms with E-state index in [1.807, 2.05) is 0 Å². The molecule has 0 spiro atoms. The van der Waals surface area contributed by atoms with Crippen molar-refractivity contribution in [2.75, 3.05) is 26.7 Å². The van der Waals surface area contributed by atoms with Crippen LogP contribution in [-0.2, 0) is 6.42 Å². The Kier molecular flexibility index (Phi) is 6.23. The smallest absolute Gasteiger partial charge is 0.00188 e. The van der Waals surface area contributed by atoms with E-state index >= 15 is 0 Å². The Bertz CT molecular complexity index is 334. The van der Waals surface area contributed by atoms with Crippen molar-refractivity contribution in [2.24, 2.45) is 5.73 Å². The number of nitrogens with two attached hydrogens (primary N) is 1. The van der Waals surface area contributed by atoms with Gasteiger partial charge in [0.05, 0.1) is 0 Å². The molecule has 0 heterocycles. The largest absolute Gasteiger partial charge is 0.330 e. The van der Waals surface area contributed by atoms with Crippen LogP contribution in [0.2, 0.25) is 0 Å². The van der Waals surface area contributed by atoms with Crippen LogP contribution in [0.4, 0.5) is 0 Å². The van der Waals surface area contributed by atoms with Crippen molar-refractivity contribution in [3.05, 3.63) is 34.9 Å². The topological polar surface area (TPSA) is 29.3 Å². The highest BCUT2D eigenvalue weighted by Crippen LogP contribution is 2.10. The third-order valence-electron chi connectivity index (χ3n) is 3.35. The van der Waals surface area contributed by atoms with Gasteiger partial charge in [0.1, 0.15) is 0 Å². The van der Waals surface area contributed by atoms with Gasteiger partial charge in [0, 0.05) is 6.54 Å². The quantitative estimate of drug-likeness (QED) is 0.735. The van der Waals surface area contributed by atoms with E-state index in [1.54, 1.807) is 0 Å². The lowest BCUT2D eigenvalue weighted by atomic mass is 10.0. The van der Waals surface area contributed by atoms with Crippen LogP contribution in [0.3, 0.4) is 0 Å². The van der Waals surface area contributed by atoms with Crippen LogP contribution in [0.15, 0.2) is 18.2 Å². The van der Waals surface area contributed by atoms with Gasteiger partial charge in [-0.25, -0.2) is 0 Å². The molecule has 0 saturated heterocycles. The third kappa shape index (κ3) is 5.33. The van der Waals surface area contributed by atoms with Crippen molar-refractivity contribution >= 4 is 0 Å². The minimum absolute atomic E-state index is 0.811. The van der Waals surface area contributed by atoms with Gasteiger partial charge in [-0.1, -0.05) is 18.2 Å². The maximum Gasteiger partial charge on any atom is 0.00188 e. The van der Waals surface area contributed by atoms with Gasteiger partial charge in [-0.05, 0) is 69.9 Å². The SMILES string of the molecule is Cc1ccc(CCN(C)CCCCN)cc1C. The molecule has 0 fully saturated rings. The number of benzene rings is 1. The highest BCUT2D eigenvalue weighted by molar-refractivity contribution is 5.29. The molecule has 96 valence electrons. The average Bonchev–Trinajstić information content (AvgIpc) is 2.31. The normalized spacial score (nSPS) is 11.1. The van der Waals surface area contributed by atoms with E-state index in [0.29, 0.717) is 0 Å². The van der Waals surface area contributed by atoms with E-state index in [2.05, 4.69) is 44.0 Å². The first-order valence-corrected chi connectivity index (χ1v) is 6.58. The van der Waals surface area contributed by atoms with Crippen LogP contribution in [-0.4, -0.2) is 31.6 Å². The lowest BCUT2D eigenvalue weighted by Crippen LogP contribution is -2.23. The Labute approximate surface area is 106 Å². The molecule has 0 unspecified atom stereocenters. The molecule has 0 atom stereocenters. The second-order valence-electron chi connectivity index (χ2n) is 4.97. The molecule has 1 aromatic rings. The Morgan fingerprint density at radius 3 is 2.47 bits per heavy atom. The molecule has 0 aliphatic heterocycles. The molecule has 0 aliphatic carbocycles. The molecule has 0 radical (unpaired) electrons. The molecule has 0 saturated carbocycles. The van der Waals surface area contributed by atoms with Crippen LogP contribution in [0.1, 0.15) is 29.5 Å². The van der Waals surface area contributed by atoms with E-state index in [1.165, 1.54) is 23.1 Å². The number of hydrogen-bond acceptors (Lipinski definition) is 2. The number of rotatable bonds is 7. The Hall–Kier alpha value is -0.860. The van der Waals surface area contributed by atoms with Crippen molar-refractivity contribution in [1.82, 2.24) is 4.90 Å². The zero-order valence-electron chi connectivity index (χ0n) is 11.5. The average molecular weight is 234 g/mol. The maximum atomic E-state index is 5.49. The van der Waals surface area contributed by atoms with Crippen LogP contribution in [0.25, 0.3) is 0 Å². The van der Waals surface area contributed by atoms with Crippen molar-refractivity contribution in [2.45, 2.75) is 33.1 Å². The Morgan fingerprint density at radius 1 is 1.06 bits per heavy atom. The van der Waals surface area contributed by atoms with Crippen molar-refractivity contribution < 1.29 is 0 Å². The molecular weight excluding hydrogens is 208 g/mol. The monoisotopic (exact) mass is 234 g/mol. The maximum absolute atomic E-state index is 5.49. The minimum Gasteiger partial charge on any atom is -0.330 e. The lowest BCUT2D eigenvalue weighted by molar-refractivity contribution is 0.331. The molecule has 1 aromatic carbocycles. The van der Waals surface area contributed by atoms with E-state index in [4.69, 9.17) is 5.73 Å². The third-order valence-corrected chi connectivity index (χ3v) is 3.35. The predicted octanol–water partition coefficient (Wildman–Crippen LogP) is 2.52. The molecule has 0 amide bonds. The summed E-state index contributed by atoms with van der Waals surface area (Å²) in [6, 6.07) is 6.78. The summed E-state index contributed by atoms with van der Waals surface area (Å²) in [5.41, 5.74) is 9.71. The molecule has 0 aromatic heterocycles. The van der Waals surface area contributed by atoms with Crippen molar-refractivity contribution in [3.8, 4) is 0 Å². The van der Waals surface area contributed by atoms with Gasteiger partial charge in [-0.3, -0.25) is 0 Å². The first-order valence-electron chi connectivity index (χ1n) is 6.58. The molecule has 2 heteroatoms. The zero-order chi connectivity index (χ0) is 12.7. The fourth-order valence-electron chi connectivity index (χ4n) is 1.92. The summed E-state index contributed by atoms with van der Waals surface area (Å²) in [7, 11) is 2.19. The highest BCUT2D eigenvalue weighted by atomic mass is 15.1. The predicted molar refractivity (Wildman–Crippen MR) is 75.4 cm³/mol. The summed E-state index contributed by atoms with van der Waals surface area (Å²) < 4.78 is 0. The first-order chi connectivity index (χ1) is 8.13. The fraction of sp³-hybridized carbons (Fsp3) is 0.600. The van der Waals surface area contributed by atoms with Crippen molar-refractivity contribution in [3.63, 3.8) is 0 Å². The molecule has 1 rings (SSSR count). The van der Waals surface area contributed by atoms with Gasteiger partial charge in [0.15, 0.2) is 0 Å². The van der Waals surface area contributed by atoms with Crippen LogP contribution < -0.4 is 5.73 Å². The molecule has 0 aliphatic rings. The van der Waals surface area contributed by atoms with E-state index in [-0.39, 0.29) is 0 Å². The molecule has 2 nitrogen and oxygen atoms in total. The lowest BCUT2D eigenvalue weighted by Gasteiger charge is -2.16. The standard InChI is InChI=1S/C15H26N2/c1-13-6-7-15(12-14(13)2)8-11-17(3)10-5-4-9-16/h6-7,12H,4-5,8-11,16H2,1-3H3. The highest BCUT2D eigenvalue weighted by Gasteiger charge is 2.00. The van der Waals surface area contributed by atoms with E-state index in [0.717, 1.165) is 32.5 Å². The van der Waals surface area contributed by atoms with Gasteiger partial charge >= 0.3 is 0 Å². The summed E-state index contributed by atoms with van der Waals surface area (Å²) >= 11 is 0. The summed E-state index contributed by atoms with van der Waals surface area (Å²) in [5.74, 6) is 0. The first kappa shape index (κ1) is 14.2. The van der Waals surface area contributed by atoms with Gasteiger partial charge in [0.2, 0.25) is 0 Å². The Morgan fingerprint density at radius 2 is 1.82 bits per heavy atom. The van der Waals surface area contributed by atoms with Gasteiger partial charge < -0.3 is 10.6 Å². The molecule has 0 bridgehead atoms. The molecule has 17 heavy (non-hydrogen) atoms. The number of likely N-dealkylation sites (N-methyl/N-ethyl adjacent to an activating group) is 1. The van der Waals surface area contributed by atoms with Gasteiger partial charge in [-0.15, -0.1) is 0 Å². The zero-order valence-corrected chi connectivity index (χ0v) is 11.5. The summed E-state index contributed by atoms with van der Waals surface area (Å²) in [6.45, 7) is 7.45. The van der Waals surface area contributed by atoms with E-state index < -0.39 is 0 Å². The second kappa shape index (κ2) is 7.46. The summed E-state index contributed by atoms with van der Waals surface area (Å²) in [5, 5.41) is 0. The summed E-state index contributed by atoms with van der Waals surface area (Å²) in [4.78, 5) is 2.39. The number of unbranched alkanes of at least 4 members (excludes halogenated alkanes) is 1. The van der Waals surface area contributed by atoms with Crippen molar-refractivity contribution in [1.29, 1.82) is 0 Å². The second-order valence-corrected chi connectivity index (χ2v) is 4.97. The molecule has 2 N–H and O–H groups in total. The fourth-order valence-corrected chi connectivity index (χ4v) is 1.92. The van der Waals surface area contributed by atoms with Crippen LogP contribution >= 0.6 is 0 Å². The van der Waals surface area contributed by atoms with Crippen LogP contribution in [0, 0.1) is 13.8 Å². The number of hydrogen-bond donors (Lipinski definition) is 1. The summed E-state index contributed by atoms with van der Waals surface area (Å²) in [6.07, 6.45) is 3.48. The van der Waals surface area contributed by atoms with Crippen LogP contribution in [0.5, 0.6) is 0 Å². The van der Waals surface area contributed by atoms with Gasteiger partial charge in [0.25, 0.3) is 0 Å². The van der Waals surface area contributed by atoms with E-state index in [9.17, 15) is 0 Å². The molecular formula is C15H26N2. The number of nitrogens with zero attached hydrogens (tertiary/aromatic N) is 1. The minimum atomic E-state index is 0.811. The van der Waals surface area contributed by atoms with Gasteiger partial charge in [-0.2, -0.15) is 0 Å². The Balaban J connectivity index is 2.31.